The minimum Gasteiger partial charge on any atom is -0.469 e. The summed E-state index contributed by atoms with van der Waals surface area (Å²) < 4.78 is 5.60. The van der Waals surface area contributed by atoms with Crippen LogP contribution in [0.25, 0.3) is 0 Å². The highest BCUT2D eigenvalue weighted by atomic mass is 79.9. The molecular weight excluding hydrogens is 258 g/mol. The van der Waals surface area contributed by atoms with E-state index in [1.54, 1.807) is 0 Å². The third kappa shape index (κ3) is 4.83. The molecule has 3 nitrogen and oxygen atoms in total. The average molecular weight is 272 g/mol. The number of methoxy groups -OCH3 is 1. The van der Waals surface area contributed by atoms with Crippen LogP contribution in [0.5, 0.6) is 0 Å². The fourth-order valence-electron chi connectivity index (χ4n) is 1.14. The van der Waals surface area contributed by atoms with Crippen molar-refractivity contribution in [2.75, 3.05) is 19.0 Å². The second kappa shape index (κ2) is 6.45. The monoisotopic (exact) mass is 271 g/mol. The number of nitrogens with one attached hydrogen (secondary N) is 1. The molecule has 0 heterocycles. The van der Waals surface area contributed by atoms with Crippen molar-refractivity contribution >= 4 is 27.6 Å². The van der Waals surface area contributed by atoms with Gasteiger partial charge in [-0.2, -0.15) is 0 Å². The SMILES string of the molecule is COC(=O)CCCNc1ccc(Br)cc1. The standard InChI is InChI=1S/C11H14BrNO2/c1-15-11(14)3-2-8-13-10-6-4-9(12)5-7-10/h4-7,13H,2-3,8H2,1H3. The molecule has 0 spiro atoms. The van der Waals surface area contributed by atoms with Crippen molar-refractivity contribution in [2.45, 2.75) is 12.8 Å². The second-order valence-corrected chi connectivity index (χ2v) is 4.03. The molecule has 15 heavy (non-hydrogen) atoms. The quantitative estimate of drug-likeness (QED) is 0.661. The van der Waals surface area contributed by atoms with E-state index in [9.17, 15) is 4.79 Å². The third-order valence-corrected chi connectivity index (χ3v) is 2.49. The van der Waals surface area contributed by atoms with Crippen molar-refractivity contribution in [1.29, 1.82) is 0 Å². The summed E-state index contributed by atoms with van der Waals surface area (Å²) >= 11 is 3.37. The van der Waals surface area contributed by atoms with Gasteiger partial charge >= 0.3 is 5.97 Å². The number of carbonyl (C=O) groups excluding carboxylic acids is 1. The van der Waals surface area contributed by atoms with Gasteiger partial charge in [-0.15, -0.1) is 0 Å². The summed E-state index contributed by atoms with van der Waals surface area (Å²) in [4.78, 5) is 10.8. The van der Waals surface area contributed by atoms with Gasteiger partial charge in [0.2, 0.25) is 0 Å². The maximum Gasteiger partial charge on any atom is 0.305 e. The molecule has 0 aliphatic rings. The summed E-state index contributed by atoms with van der Waals surface area (Å²) in [5, 5.41) is 3.22. The van der Waals surface area contributed by atoms with Gasteiger partial charge in [0, 0.05) is 23.1 Å². The molecule has 4 heteroatoms. The van der Waals surface area contributed by atoms with E-state index >= 15 is 0 Å². The lowest BCUT2D eigenvalue weighted by Gasteiger charge is -2.05. The molecule has 1 aromatic rings. The van der Waals surface area contributed by atoms with E-state index in [0.717, 1.165) is 23.1 Å². The predicted octanol–water partition coefficient (Wildman–Crippen LogP) is 2.81. The highest BCUT2D eigenvalue weighted by Gasteiger charge is 1.98. The molecule has 0 aliphatic carbocycles. The molecule has 0 saturated heterocycles. The number of halogens is 1. The van der Waals surface area contributed by atoms with Crippen molar-refractivity contribution in [3.63, 3.8) is 0 Å². The normalized spacial score (nSPS) is 9.73. The van der Waals surface area contributed by atoms with E-state index < -0.39 is 0 Å². The second-order valence-electron chi connectivity index (χ2n) is 3.11. The van der Waals surface area contributed by atoms with Gasteiger partial charge in [-0.3, -0.25) is 4.79 Å². The van der Waals surface area contributed by atoms with Gasteiger partial charge in [-0.1, -0.05) is 15.9 Å². The molecule has 0 fully saturated rings. The number of hydrogen-bond donors (Lipinski definition) is 1. The fourth-order valence-corrected chi connectivity index (χ4v) is 1.40. The molecule has 0 unspecified atom stereocenters. The molecule has 1 N–H and O–H groups in total. The van der Waals surface area contributed by atoms with Crippen molar-refractivity contribution in [3.8, 4) is 0 Å². The Hall–Kier alpha value is -1.03. The molecule has 1 rings (SSSR count). The molecule has 0 bridgehead atoms. The van der Waals surface area contributed by atoms with Gasteiger partial charge < -0.3 is 10.1 Å². The number of ether oxygens (including phenoxy) is 1. The molecule has 0 aliphatic heterocycles. The van der Waals surface area contributed by atoms with E-state index in [2.05, 4.69) is 26.0 Å². The van der Waals surface area contributed by atoms with Crippen LogP contribution in [0.2, 0.25) is 0 Å². The first-order valence-electron chi connectivity index (χ1n) is 4.78. The maximum absolute atomic E-state index is 10.8. The van der Waals surface area contributed by atoms with Gasteiger partial charge in [0.1, 0.15) is 0 Å². The van der Waals surface area contributed by atoms with Crippen LogP contribution in [-0.4, -0.2) is 19.6 Å². The third-order valence-electron chi connectivity index (χ3n) is 1.96. The molecule has 1 aromatic carbocycles. The lowest BCUT2D eigenvalue weighted by atomic mass is 10.3. The van der Waals surface area contributed by atoms with E-state index in [1.165, 1.54) is 7.11 Å². The first-order valence-corrected chi connectivity index (χ1v) is 5.58. The molecule has 0 atom stereocenters. The van der Waals surface area contributed by atoms with E-state index in [-0.39, 0.29) is 5.97 Å². The summed E-state index contributed by atoms with van der Waals surface area (Å²) in [6.45, 7) is 0.775. The Morgan fingerprint density at radius 1 is 1.40 bits per heavy atom. The average Bonchev–Trinajstić information content (AvgIpc) is 2.26. The Bertz CT molecular complexity index is 311. The first-order chi connectivity index (χ1) is 7.22. The van der Waals surface area contributed by atoms with Crippen molar-refractivity contribution in [3.05, 3.63) is 28.7 Å². The Kier molecular flexibility index (Phi) is 5.18. The number of benzene rings is 1. The maximum atomic E-state index is 10.8. The summed E-state index contributed by atoms with van der Waals surface area (Å²) in [6, 6.07) is 7.93. The van der Waals surface area contributed by atoms with Crippen molar-refractivity contribution in [2.24, 2.45) is 0 Å². The number of carbonyl (C=O) groups is 1. The first kappa shape index (κ1) is 12.0. The fraction of sp³-hybridized carbons (Fsp3) is 0.364. The van der Waals surface area contributed by atoms with Crippen LogP contribution in [0.15, 0.2) is 28.7 Å². The minimum absolute atomic E-state index is 0.160. The highest BCUT2D eigenvalue weighted by molar-refractivity contribution is 9.10. The minimum atomic E-state index is -0.160. The topological polar surface area (TPSA) is 38.3 Å². The largest absolute Gasteiger partial charge is 0.469 e. The molecule has 0 aromatic heterocycles. The summed E-state index contributed by atoms with van der Waals surface area (Å²) in [5.74, 6) is -0.160. The Balaban J connectivity index is 2.20. The van der Waals surface area contributed by atoms with Gasteiger partial charge in [-0.25, -0.2) is 0 Å². The zero-order valence-electron chi connectivity index (χ0n) is 8.63. The lowest BCUT2D eigenvalue weighted by molar-refractivity contribution is -0.140. The Morgan fingerprint density at radius 2 is 2.07 bits per heavy atom. The van der Waals surface area contributed by atoms with Crippen LogP contribution >= 0.6 is 15.9 Å². The number of hydrogen-bond acceptors (Lipinski definition) is 3. The zero-order chi connectivity index (χ0) is 11.1. The summed E-state index contributed by atoms with van der Waals surface area (Å²) in [7, 11) is 1.41. The number of anilines is 1. The predicted molar refractivity (Wildman–Crippen MR) is 63.9 cm³/mol. The van der Waals surface area contributed by atoms with Crippen LogP contribution in [0.3, 0.4) is 0 Å². The molecule has 0 amide bonds. The van der Waals surface area contributed by atoms with Gasteiger partial charge in [0.25, 0.3) is 0 Å². The van der Waals surface area contributed by atoms with Crippen molar-refractivity contribution < 1.29 is 9.53 Å². The van der Waals surface area contributed by atoms with Gasteiger partial charge in [0.05, 0.1) is 7.11 Å². The van der Waals surface area contributed by atoms with Gasteiger partial charge in [0.15, 0.2) is 0 Å². The van der Waals surface area contributed by atoms with Gasteiger partial charge in [-0.05, 0) is 30.7 Å². The number of esters is 1. The van der Waals surface area contributed by atoms with Crippen LogP contribution in [-0.2, 0) is 9.53 Å². The molecule has 0 saturated carbocycles. The molecule has 0 radical (unpaired) electrons. The zero-order valence-corrected chi connectivity index (χ0v) is 10.2. The van der Waals surface area contributed by atoms with E-state index in [1.807, 2.05) is 24.3 Å². The van der Waals surface area contributed by atoms with E-state index in [4.69, 9.17) is 0 Å². The van der Waals surface area contributed by atoms with Crippen LogP contribution < -0.4 is 5.32 Å². The van der Waals surface area contributed by atoms with Crippen LogP contribution in [0, 0.1) is 0 Å². The lowest BCUT2D eigenvalue weighted by Crippen LogP contribution is -2.06. The van der Waals surface area contributed by atoms with Crippen LogP contribution in [0.4, 0.5) is 5.69 Å². The summed E-state index contributed by atoms with van der Waals surface area (Å²) in [5.41, 5.74) is 1.06. The van der Waals surface area contributed by atoms with Crippen molar-refractivity contribution in [1.82, 2.24) is 0 Å². The highest BCUT2D eigenvalue weighted by Crippen LogP contribution is 2.13. The summed E-state index contributed by atoms with van der Waals surface area (Å²) in [6.07, 6.45) is 1.24. The van der Waals surface area contributed by atoms with E-state index in [0.29, 0.717) is 6.42 Å². The smallest absolute Gasteiger partial charge is 0.305 e. The Morgan fingerprint density at radius 3 is 2.67 bits per heavy atom. The Labute approximate surface area is 97.9 Å². The molecule has 82 valence electrons. The van der Waals surface area contributed by atoms with Crippen LogP contribution in [0.1, 0.15) is 12.8 Å². The molecular formula is C11H14BrNO2. The number of rotatable bonds is 5.